The first-order valence-corrected chi connectivity index (χ1v) is 8.93. The van der Waals surface area contributed by atoms with Crippen molar-refractivity contribution < 1.29 is 13.9 Å². The molecule has 1 aliphatic heterocycles. The van der Waals surface area contributed by atoms with Crippen LogP contribution in [0.3, 0.4) is 0 Å². The van der Waals surface area contributed by atoms with E-state index in [2.05, 4.69) is 20.2 Å². The van der Waals surface area contributed by atoms with Crippen molar-refractivity contribution in [3.05, 3.63) is 48.0 Å². The van der Waals surface area contributed by atoms with Crippen molar-refractivity contribution in [1.29, 1.82) is 0 Å². The van der Waals surface area contributed by atoms with Crippen LogP contribution in [0.2, 0.25) is 0 Å². The van der Waals surface area contributed by atoms with Gasteiger partial charge in [-0.1, -0.05) is 6.92 Å². The van der Waals surface area contributed by atoms with Gasteiger partial charge >= 0.3 is 0 Å². The molecule has 1 aliphatic rings. The summed E-state index contributed by atoms with van der Waals surface area (Å²) >= 11 is 0. The number of amides is 1. The van der Waals surface area contributed by atoms with E-state index in [-0.39, 0.29) is 17.9 Å². The van der Waals surface area contributed by atoms with Gasteiger partial charge in [0.05, 0.1) is 5.56 Å². The molecule has 0 bridgehead atoms. The van der Waals surface area contributed by atoms with E-state index in [1.54, 1.807) is 18.3 Å². The number of aromatic nitrogens is 2. The second kappa shape index (κ2) is 8.60. The maximum Gasteiger partial charge on any atom is 0.252 e. The van der Waals surface area contributed by atoms with Crippen molar-refractivity contribution in [3.8, 4) is 5.88 Å². The molecular formula is C19H23FN4O2. The molecule has 2 aromatic rings. The Morgan fingerprint density at radius 1 is 1.31 bits per heavy atom. The zero-order valence-corrected chi connectivity index (χ0v) is 14.8. The summed E-state index contributed by atoms with van der Waals surface area (Å²) in [7, 11) is 0. The number of pyridine rings is 2. The van der Waals surface area contributed by atoms with Crippen LogP contribution < -0.4 is 15.0 Å². The molecule has 0 aliphatic carbocycles. The van der Waals surface area contributed by atoms with Gasteiger partial charge in [0.2, 0.25) is 0 Å². The smallest absolute Gasteiger partial charge is 0.252 e. The van der Waals surface area contributed by atoms with Crippen molar-refractivity contribution in [3.63, 3.8) is 0 Å². The summed E-state index contributed by atoms with van der Waals surface area (Å²) in [5, 5.41) is 2.84. The molecule has 26 heavy (non-hydrogen) atoms. The van der Waals surface area contributed by atoms with Gasteiger partial charge in [-0.05, 0) is 30.7 Å². The first-order chi connectivity index (χ1) is 12.7. The molecule has 0 unspecified atom stereocenters. The van der Waals surface area contributed by atoms with Gasteiger partial charge in [-0.15, -0.1) is 0 Å². The van der Waals surface area contributed by atoms with Gasteiger partial charge in [-0.25, -0.2) is 14.4 Å². The lowest BCUT2D eigenvalue weighted by Crippen LogP contribution is -2.39. The molecule has 1 N–H and O–H groups in total. The minimum absolute atomic E-state index is 0.0604. The molecule has 0 saturated carbocycles. The van der Waals surface area contributed by atoms with Crippen molar-refractivity contribution in [1.82, 2.24) is 15.3 Å². The van der Waals surface area contributed by atoms with Crippen molar-refractivity contribution in [2.24, 2.45) is 0 Å². The number of nitrogens with one attached hydrogen (secondary N) is 1. The van der Waals surface area contributed by atoms with Crippen LogP contribution >= 0.6 is 0 Å². The first-order valence-electron chi connectivity index (χ1n) is 8.93. The Balaban J connectivity index is 1.53. The van der Waals surface area contributed by atoms with Crippen LogP contribution in [0.1, 0.15) is 36.5 Å². The Kier molecular flexibility index (Phi) is 5.99. The van der Waals surface area contributed by atoms with Crippen molar-refractivity contribution in [2.75, 3.05) is 24.5 Å². The standard InChI is InChI=1S/C19H23FN4O2/c1-2-9-21-18(25)14-5-6-17(23-13-14)24-11-7-15(8-12-24)26-19-16(20)4-3-10-22-19/h3-6,10,13,15H,2,7-9,11-12H2,1H3,(H,21,25). The molecule has 7 heteroatoms. The minimum Gasteiger partial charge on any atom is -0.472 e. The highest BCUT2D eigenvalue weighted by atomic mass is 19.1. The highest BCUT2D eigenvalue weighted by molar-refractivity contribution is 5.94. The fraction of sp³-hybridized carbons (Fsp3) is 0.421. The molecule has 138 valence electrons. The summed E-state index contributed by atoms with van der Waals surface area (Å²) in [6.45, 7) is 4.18. The molecule has 0 atom stereocenters. The van der Waals surface area contributed by atoms with Gasteiger partial charge in [0.25, 0.3) is 11.8 Å². The number of hydrogen-bond donors (Lipinski definition) is 1. The molecular weight excluding hydrogens is 335 g/mol. The predicted octanol–water partition coefficient (Wildman–Crippen LogP) is 2.80. The fourth-order valence-corrected chi connectivity index (χ4v) is 2.87. The van der Waals surface area contributed by atoms with Gasteiger partial charge in [0.1, 0.15) is 11.9 Å². The summed E-state index contributed by atoms with van der Waals surface area (Å²) < 4.78 is 19.3. The second-order valence-electron chi connectivity index (χ2n) is 6.26. The SMILES string of the molecule is CCCNC(=O)c1ccc(N2CCC(Oc3ncccc3F)CC2)nc1. The van der Waals surface area contributed by atoms with E-state index in [0.29, 0.717) is 12.1 Å². The lowest BCUT2D eigenvalue weighted by Gasteiger charge is -2.32. The van der Waals surface area contributed by atoms with Gasteiger partial charge in [-0.2, -0.15) is 0 Å². The number of nitrogens with zero attached hydrogens (tertiary/aromatic N) is 3. The van der Waals surface area contributed by atoms with E-state index in [1.165, 1.54) is 12.3 Å². The molecule has 2 aromatic heterocycles. The summed E-state index contributed by atoms with van der Waals surface area (Å²) in [6, 6.07) is 6.54. The van der Waals surface area contributed by atoms with E-state index in [1.807, 2.05) is 13.0 Å². The number of ether oxygens (including phenoxy) is 1. The van der Waals surface area contributed by atoms with E-state index >= 15 is 0 Å². The van der Waals surface area contributed by atoms with Crippen LogP contribution in [0.25, 0.3) is 0 Å². The maximum atomic E-state index is 13.6. The van der Waals surface area contributed by atoms with Gasteiger partial charge in [-0.3, -0.25) is 4.79 Å². The summed E-state index contributed by atoms with van der Waals surface area (Å²) in [4.78, 5) is 22.4. The Bertz CT molecular complexity index is 731. The molecule has 1 fully saturated rings. The van der Waals surface area contributed by atoms with Gasteiger partial charge in [0.15, 0.2) is 5.82 Å². The van der Waals surface area contributed by atoms with Gasteiger partial charge in [0, 0.05) is 44.9 Å². The van der Waals surface area contributed by atoms with Crippen LogP contribution in [0.5, 0.6) is 5.88 Å². The molecule has 1 saturated heterocycles. The second-order valence-corrected chi connectivity index (χ2v) is 6.26. The monoisotopic (exact) mass is 358 g/mol. The van der Waals surface area contributed by atoms with E-state index in [0.717, 1.165) is 38.2 Å². The Morgan fingerprint density at radius 2 is 2.12 bits per heavy atom. The Hall–Kier alpha value is -2.70. The van der Waals surface area contributed by atoms with Crippen LogP contribution in [0.15, 0.2) is 36.7 Å². The summed E-state index contributed by atoms with van der Waals surface area (Å²) in [5.41, 5.74) is 0.561. The van der Waals surface area contributed by atoms with E-state index in [9.17, 15) is 9.18 Å². The van der Waals surface area contributed by atoms with Crippen LogP contribution in [0, 0.1) is 5.82 Å². The molecule has 0 spiro atoms. The van der Waals surface area contributed by atoms with Crippen LogP contribution in [0.4, 0.5) is 10.2 Å². The van der Waals surface area contributed by atoms with Crippen molar-refractivity contribution in [2.45, 2.75) is 32.3 Å². The number of rotatable bonds is 6. The van der Waals surface area contributed by atoms with Crippen LogP contribution in [-0.2, 0) is 0 Å². The third-order valence-corrected chi connectivity index (χ3v) is 4.31. The lowest BCUT2D eigenvalue weighted by molar-refractivity contribution is 0.0953. The first kappa shape index (κ1) is 18.1. The average molecular weight is 358 g/mol. The zero-order chi connectivity index (χ0) is 18.4. The maximum absolute atomic E-state index is 13.6. The van der Waals surface area contributed by atoms with Crippen molar-refractivity contribution >= 4 is 11.7 Å². The number of hydrogen-bond acceptors (Lipinski definition) is 5. The molecule has 3 heterocycles. The largest absolute Gasteiger partial charge is 0.472 e. The van der Waals surface area contributed by atoms with E-state index < -0.39 is 5.82 Å². The van der Waals surface area contributed by atoms with Crippen LogP contribution in [-0.4, -0.2) is 41.6 Å². The zero-order valence-electron chi connectivity index (χ0n) is 14.8. The predicted molar refractivity (Wildman–Crippen MR) is 96.9 cm³/mol. The number of carbonyl (C=O) groups excluding carboxylic acids is 1. The topological polar surface area (TPSA) is 67.4 Å². The molecule has 0 radical (unpaired) electrons. The highest BCUT2D eigenvalue weighted by Crippen LogP contribution is 2.22. The molecule has 6 nitrogen and oxygen atoms in total. The Labute approximate surface area is 152 Å². The average Bonchev–Trinajstić information content (AvgIpc) is 2.68. The third-order valence-electron chi connectivity index (χ3n) is 4.31. The summed E-state index contributed by atoms with van der Waals surface area (Å²) in [6.07, 6.45) is 5.49. The fourth-order valence-electron chi connectivity index (χ4n) is 2.87. The number of carbonyl (C=O) groups is 1. The number of halogens is 1. The third kappa shape index (κ3) is 4.47. The normalized spacial score (nSPS) is 14.9. The number of anilines is 1. The van der Waals surface area contributed by atoms with E-state index in [4.69, 9.17) is 4.74 Å². The highest BCUT2D eigenvalue weighted by Gasteiger charge is 2.23. The van der Waals surface area contributed by atoms with Gasteiger partial charge < -0.3 is 15.0 Å². The number of piperidine rings is 1. The molecule has 3 rings (SSSR count). The molecule has 0 aromatic carbocycles. The summed E-state index contributed by atoms with van der Waals surface area (Å²) in [5.74, 6) is 0.356. The molecule has 1 amide bonds. The quantitative estimate of drug-likeness (QED) is 0.860. The minimum atomic E-state index is -0.437. The lowest BCUT2D eigenvalue weighted by atomic mass is 10.1. The Morgan fingerprint density at radius 3 is 2.77 bits per heavy atom.